The van der Waals surface area contributed by atoms with Crippen molar-refractivity contribution in [3.63, 3.8) is 0 Å². The van der Waals surface area contributed by atoms with Gasteiger partial charge in [0.15, 0.2) is 0 Å². The third kappa shape index (κ3) is 9.12. The highest BCUT2D eigenvalue weighted by atomic mass is 16.6. The fourth-order valence-corrected chi connectivity index (χ4v) is 1.21. The molecule has 4 nitrogen and oxygen atoms in total. The Labute approximate surface area is 106 Å². The smallest absolute Gasteiger partial charge is 0.326 e. The minimum atomic E-state index is -0.783. The van der Waals surface area contributed by atoms with Crippen molar-refractivity contribution in [1.82, 2.24) is 5.32 Å². The summed E-state index contributed by atoms with van der Waals surface area (Å²) in [6, 6.07) is -0.695. The Morgan fingerprint density at radius 1 is 1.18 bits per heavy atom. The van der Waals surface area contributed by atoms with Gasteiger partial charge >= 0.3 is 5.97 Å². The van der Waals surface area contributed by atoms with E-state index >= 15 is 0 Å². The molecule has 4 heteroatoms. The number of rotatable bonds is 3. The summed E-state index contributed by atoms with van der Waals surface area (Å²) in [6.07, 6.45) is -0.783. The van der Waals surface area contributed by atoms with Crippen LogP contribution >= 0.6 is 0 Å². The van der Waals surface area contributed by atoms with Crippen LogP contribution in [0.15, 0.2) is 0 Å². The lowest BCUT2D eigenvalue weighted by Gasteiger charge is -2.31. The highest BCUT2D eigenvalue weighted by molar-refractivity contribution is 5.77. The van der Waals surface area contributed by atoms with Crippen molar-refractivity contribution >= 4 is 5.97 Å². The summed E-state index contributed by atoms with van der Waals surface area (Å²) < 4.78 is 5.25. The zero-order chi connectivity index (χ0) is 13.1. The summed E-state index contributed by atoms with van der Waals surface area (Å²) in [5.74, 6) is -0.419. The summed E-state index contributed by atoms with van der Waals surface area (Å²) in [6.45, 7) is 12.8. The molecule has 0 bridgehead atoms. The summed E-state index contributed by atoms with van der Waals surface area (Å²) in [4.78, 5) is 11.8. The Kier molecular flexibility index (Phi) is 7.01. The SMILES string of the molecule is C.CC(O)C(NC(C)(C)C)C(=O)OC(C)(C)C. The molecule has 0 aliphatic carbocycles. The molecule has 104 valence electrons. The molecule has 0 aromatic heterocycles. The van der Waals surface area contributed by atoms with Gasteiger partial charge in [0, 0.05) is 5.54 Å². The van der Waals surface area contributed by atoms with E-state index < -0.39 is 23.7 Å². The Morgan fingerprint density at radius 3 is 1.82 bits per heavy atom. The molecule has 2 unspecified atom stereocenters. The average molecular weight is 247 g/mol. The lowest BCUT2D eigenvalue weighted by atomic mass is 10.0. The number of hydrogen-bond donors (Lipinski definition) is 2. The maximum atomic E-state index is 11.8. The van der Waals surface area contributed by atoms with Crippen LogP contribution in [0.4, 0.5) is 0 Å². The molecule has 0 amide bonds. The van der Waals surface area contributed by atoms with Gasteiger partial charge in [-0.25, -0.2) is 0 Å². The first-order chi connectivity index (χ1) is 6.92. The van der Waals surface area contributed by atoms with E-state index in [9.17, 15) is 9.90 Å². The van der Waals surface area contributed by atoms with Crippen LogP contribution in [0.25, 0.3) is 0 Å². The van der Waals surface area contributed by atoms with Gasteiger partial charge in [-0.2, -0.15) is 0 Å². The van der Waals surface area contributed by atoms with E-state index in [0.29, 0.717) is 0 Å². The first kappa shape index (κ1) is 18.7. The summed E-state index contributed by atoms with van der Waals surface area (Å²) in [5.41, 5.74) is -0.789. The maximum Gasteiger partial charge on any atom is 0.326 e. The number of nitrogens with one attached hydrogen (secondary N) is 1. The third-order valence-electron chi connectivity index (χ3n) is 1.73. The number of aliphatic hydroxyl groups is 1. The van der Waals surface area contributed by atoms with Gasteiger partial charge in [-0.15, -0.1) is 0 Å². The molecule has 2 N–H and O–H groups in total. The zero-order valence-electron chi connectivity index (χ0n) is 11.4. The average Bonchev–Trinajstić information content (AvgIpc) is 1.94. The van der Waals surface area contributed by atoms with Crippen molar-refractivity contribution in [2.45, 2.75) is 79.2 Å². The number of aliphatic hydroxyl groups excluding tert-OH is 1. The van der Waals surface area contributed by atoms with E-state index in [-0.39, 0.29) is 13.0 Å². The molecule has 0 radical (unpaired) electrons. The highest BCUT2D eigenvalue weighted by Gasteiger charge is 2.31. The van der Waals surface area contributed by atoms with Crippen LogP contribution in [-0.2, 0) is 9.53 Å². The normalized spacial score (nSPS) is 15.8. The van der Waals surface area contributed by atoms with Crippen molar-refractivity contribution < 1.29 is 14.6 Å². The van der Waals surface area contributed by atoms with Gasteiger partial charge in [0.05, 0.1) is 6.10 Å². The molecule has 17 heavy (non-hydrogen) atoms. The number of hydrogen-bond acceptors (Lipinski definition) is 4. The second kappa shape index (κ2) is 6.36. The molecule has 0 saturated carbocycles. The predicted octanol–water partition coefficient (Wildman–Crippen LogP) is 2.10. The van der Waals surface area contributed by atoms with Crippen molar-refractivity contribution in [2.24, 2.45) is 0 Å². The van der Waals surface area contributed by atoms with Crippen LogP contribution in [-0.4, -0.2) is 34.4 Å². The molecule has 0 aliphatic rings. The topological polar surface area (TPSA) is 58.6 Å². The van der Waals surface area contributed by atoms with Gasteiger partial charge in [0.2, 0.25) is 0 Å². The molecule has 0 aromatic carbocycles. The second-order valence-electron chi connectivity index (χ2n) is 6.15. The van der Waals surface area contributed by atoms with Crippen LogP contribution in [0.3, 0.4) is 0 Å². The van der Waals surface area contributed by atoms with Gasteiger partial charge in [0.25, 0.3) is 0 Å². The van der Waals surface area contributed by atoms with Crippen molar-refractivity contribution in [2.75, 3.05) is 0 Å². The molecule has 0 aliphatic heterocycles. The summed E-state index contributed by atoms with van der Waals surface area (Å²) in [5, 5.41) is 12.6. The highest BCUT2D eigenvalue weighted by Crippen LogP contribution is 2.12. The lowest BCUT2D eigenvalue weighted by Crippen LogP contribution is -2.54. The largest absolute Gasteiger partial charge is 0.459 e. The van der Waals surface area contributed by atoms with Gasteiger partial charge in [0.1, 0.15) is 11.6 Å². The molecule has 0 rings (SSSR count). The standard InChI is InChI=1S/C12H25NO3.CH4/c1-8(14)9(13-11(2,3)4)10(15)16-12(5,6)7;/h8-9,13-14H,1-7H3;1H4. The molecule has 0 spiro atoms. The minimum absolute atomic E-state index is 0. The molecule has 0 aromatic rings. The lowest BCUT2D eigenvalue weighted by molar-refractivity contribution is -0.161. The number of carbonyl (C=O) groups is 1. The van der Waals surface area contributed by atoms with Crippen molar-refractivity contribution in [1.29, 1.82) is 0 Å². The van der Waals surface area contributed by atoms with Gasteiger partial charge in [-0.3, -0.25) is 10.1 Å². The first-order valence-corrected chi connectivity index (χ1v) is 5.61. The quantitative estimate of drug-likeness (QED) is 0.750. The summed E-state index contributed by atoms with van der Waals surface area (Å²) in [7, 11) is 0. The number of ether oxygens (including phenoxy) is 1. The zero-order valence-corrected chi connectivity index (χ0v) is 11.4. The van der Waals surface area contributed by atoms with Gasteiger partial charge in [-0.05, 0) is 48.5 Å². The Hall–Kier alpha value is -0.610. The second-order valence-corrected chi connectivity index (χ2v) is 6.15. The predicted molar refractivity (Wildman–Crippen MR) is 70.9 cm³/mol. The van der Waals surface area contributed by atoms with Crippen LogP contribution in [0.1, 0.15) is 55.9 Å². The molecular formula is C13H29NO3. The Balaban J connectivity index is 0. The van der Waals surface area contributed by atoms with E-state index in [0.717, 1.165) is 0 Å². The maximum absolute atomic E-state index is 11.8. The number of esters is 1. The molecule has 2 atom stereocenters. The van der Waals surface area contributed by atoms with E-state index in [2.05, 4.69) is 5.32 Å². The molecule has 0 fully saturated rings. The van der Waals surface area contributed by atoms with Crippen LogP contribution in [0.2, 0.25) is 0 Å². The van der Waals surface area contributed by atoms with Gasteiger partial charge < -0.3 is 9.84 Å². The van der Waals surface area contributed by atoms with Gasteiger partial charge in [-0.1, -0.05) is 7.43 Å². The molecule has 0 saturated heterocycles. The van der Waals surface area contributed by atoms with E-state index in [1.807, 2.05) is 20.8 Å². The Morgan fingerprint density at radius 2 is 1.59 bits per heavy atom. The molecular weight excluding hydrogens is 218 g/mol. The van der Waals surface area contributed by atoms with Crippen LogP contribution < -0.4 is 5.32 Å². The van der Waals surface area contributed by atoms with Crippen molar-refractivity contribution in [3.05, 3.63) is 0 Å². The van der Waals surface area contributed by atoms with Crippen LogP contribution in [0, 0.1) is 0 Å². The molecule has 0 heterocycles. The fourth-order valence-electron chi connectivity index (χ4n) is 1.21. The first-order valence-electron chi connectivity index (χ1n) is 5.61. The van der Waals surface area contributed by atoms with Crippen molar-refractivity contribution in [3.8, 4) is 0 Å². The van der Waals surface area contributed by atoms with Crippen LogP contribution in [0.5, 0.6) is 0 Å². The number of carbonyl (C=O) groups excluding carboxylic acids is 1. The summed E-state index contributed by atoms with van der Waals surface area (Å²) >= 11 is 0. The van der Waals surface area contributed by atoms with E-state index in [4.69, 9.17) is 4.74 Å². The Bertz CT molecular complexity index is 236. The van der Waals surface area contributed by atoms with E-state index in [1.54, 1.807) is 27.7 Å². The minimum Gasteiger partial charge on any atom is -0.459 e. The van der Waals surface area contributed by atoms with E-state index in [1.165, 1.54) is 0 Å². The fraction of sp³-hybridized carbons (Fsp3) is 0.923. The monoisotopic (exact) mass is 247 g/mol. The third-order valence-corrected chi connectivity index (χ3v) is 1.73.